The molecule has 3 heteroatoms. The van der Waals surface area contributed by atoms with Crippen molar-refractivity contribution in [3.63, 3.8) is 0 Å². The molecule has 9 aromatic rings. The second-order valence-electron chi connectivity index (χ2n) is 11.4. The zero-order valence-electron chi connectivity index (χ0n) is 24.4. The van der Waals surface area contributed by atoms with E-state index >= 15 is 0 Å². The summed E-state index contributed by atoms with van der Waals surface area (Å²) < 4.78 is 2.38. The molecule has 0 saturated carbocycles. The molecule has 0 amide bonds. The van der Waals surface area contributed by atoms with E-state index in [1.54, 1.807) is 0 Å². The molecular formula is C42H27N3. The molecule has 0 bridgehead atoms. The van der Waals surface area contributed by atoms with Crippen LogP contribution >= 0.6 is 0 Å². The standard InChI is InChI=1S/C42H27N3/c1-4-12-28(13-5-1)32-22-25-39-37(26-32)34-18-10-11-19-38(34)45(39)33-23-20-29-21-24-35-40(30-14-6-2-7-15-30)43-42(31-16-8-3-9-17-31)44-41(35)36(29)27-33/h1-27H. The molecule has 0 unspecified atom stereocenters. The van der Waals surface area contributed by atoms with Crippen molar-refractivity contribution in [2.24, 2.45) is 0 Å². The second kappa shape index (κ2) is 10.3. The fraction of sp³-hybridized carbons (Fsp3) is 0. The Morgan fingerprint density at radius 1 is 0.378 bits per heavy atom. The van der Waals surface area contributed by atoms with Crippen LogP contribution in [0.3, 0.4) is 0 Å². The zero-order chi connectivity index (χ0) is 29.7. The largest absolute Gasteiger partial charge is 0.309 e. The first-order chi connectivity index (χ1) is 22.3. The van der Waals surface area contributed by atoms with Gasteiger partial charge >= 0.3 is 0 Å². The van der Waals surface area contributed by atoms with Gasteiger partial charge in [-0.3, -0.25) is 0 Å². The highest BCUT2D eigenvalue weighted by atomic mass is 15.0. The van der Waals surface area contributed by atoms with Crippen molar-refractivity contribution in [2.75, 3.05) is 0 Å². The van der Waals surface area contributed by atoms with Gasteiger partial charge in [0.05, 0.1) is 22.2 Å². The van der Waals surface area contributed by atoms with Crippen LogP contribution < -0.4 is 0 Å². The fourth-order valence-corrected chi connectivity index (χ4v) is 6.63. The molecule has 45 heavy (non-hydrogen) atoms. The molecule has 3 nitrogen and oxygen atoms in total. The maximum Gasteiger partial charge on any atom is 0.160 e. The molecule has 0 aliphatic rings. The number of benzene rings is 7. The van der Waals surface area contributed by atoms with E-state index in [4.69, 9.17) is 9.97 Å². The molecule has 9 rings (SSSR count). The van der Waals surface area contributed by atoms with Crippen LogP contribution in [0.25, 0.3) is 82.9 Å². The number of hydrogen-bond donors (Lipinski definition) is 0. The first-order valence-corrected chi connectivity index (χ1v) is 15.3. The van der Waals surface area contributed by atoms with E-state index in [0.29, 0.717) is 0 Å². The number of rotatable bonds is 4. The zero-order valence-corrected chi connectivity index (χ0v) is 24.4. The lowest BCUT2D eigenvalue weighted by molar-refractivity contribution is 1.18. The van der Waals surface area contributed by atoms with Gasteiger partial charge in [0.25, 0.3) is 0 Å². The second-order valence-corrected chi connectivity index (χ2v) is 11.4. The van der Waals surface area contributed by atoms with Crippen molar-refractivity contribution in [3.05, 3.63) is 164 Å². The van der Waals surface area contributed by atoms with Crippen LogP contribution in [0.2, 0.25) is 0 Å². The van der Waals surface area contributed by atoms with E-state index in [1.807, 2.05) is 24.3 Å². The Morgan fingerprint density at radius 2 is 1.02 bits per heavy atom. The number of para-hydroxylation sites is 1. The summed E-state index contributed by atoms with van der Waals surface area (Å²) in [6.07, 6.45) is 0. The minimum absolute atomic E-state index is 0.727. The maximum atomic E-state index is 5.23. The Balaban J connectivity index is 1.32. The summed E-state index contributed by atoms with van der Waals surface area (Å²) in [5.41, 5.74) is 9.88. The van der Waals surface area contributed by atoms with Gasteiger partial charge in [0.2, 0.25) is 0 Å². The lowest BCUT2D eigenvalue weighted by Gasteiger charge is -2.13. The van der Waals surface area contributed by atoms with E-state index in [9.17, 15) is 0 Å². The summed E-state index contributed by atoms with van der Waals surface area (Å²) >= 11 is 0. The third-order valence-corrected chi connectivity index (χ3v) is 8.78. The molecule has 0 aliphatic heterocycles. The predicted octanol–water partition coefficient (Wildman–Crippen LogP) is 10.9. The van der Waals surface area contributed by atoms with Crippen LogP contribution in [0.4, 0.5) is 0 Å². The van der Waals surface area contributed by atoms with Crippen molar-refractivity contribution in [1.82, 2.24) is 14.5 Å². The van der Waals surface area contributed by atoms with Gasteiger partial charge in [-0.25, -0.2) is 9.97 Å². The van der Waals surface area contributed by atoms with E-state index in [2.05, 4.69) is 144 Å². The summed E-state index contributed by atoms with van der Waals surface area (Å²) in [6.45, 7) is 0. The Labute approximate surface area is 260 Å². The minimum atomic E-state index is 0.727. The van der Waals surface area contributed by atoms with Crippen LogP contribution in [-0.4, -0.2) is 14.5 Å². The molecule has 7 aromatic carbocycles. The van der Waals surface area contributed by atoms with Crippen molar-refractivity contribution < 1.29 is 0 Å². The van der Waals surface area contributed by atoms with E-state index in [0.717, 1.165) is 50.0 Å². The van der Waals surface area contributed by atoms with Gasteiger partial charge in [0.15, 0.2) is 5.82 Å². The average Bonchev–Trinajstić information content (AvgIpc) is 3.45. The van der Waals surface area contributed by atoms with E-state index < -0.39 is 0 Å². The summed E-state index contributed by atoms with van der Waals surface area (Å²) in [7, 11) is 0. The average molecular weight is 574 g/mol. The fourth-order valence-electron chi connectivity index (χ4n) is 6.63. The monoisotopic (exact) mass is 573 g/mol. The Bertz CT molecular complexity index is 2510. The quantitative estimate of drug-likeness (QED) is 0.196. The predicted molar refractivity (Wildman–Crippen MR) is 188 cm³/mol. The lowest BCUT2D eigenvalue weighted by Crippen LogP contribution is -1.97. The van der Waals surface area contributed by atoms with Gasteiger partial charge in [-0.05, 0) is 52.9 Å². The number of nitrogens with zero attached hydrogens (tertiary/aromatic N) is 3. The van der Waals surface area contributed by atoms with E-state index in [-0.39, 0.29) is 0 Å². The van der Waals surface area contributed by atoms with Crippen LogP contribution in [-0.2, 0) is 0 Å². The molecule has 2 heterocycles. The van der Waals surface area contributed by atoms with Gasteiger partial charge in [0.1, 0.15) is 0 Å². The highest BCUT2D eigenvalue weighted by Gasteiger charge is 2.17. The molecule has 2 aromatic heterocycles. The first-order valence-electron chi connectivity index (χ1n) is 15.3. The van der Waals surface area contributed by atoms with Gasteiger partial charge in [-0.15, -0.1) is 0 Å². The van der Waals surface area contributed by atoms with Gasteiger partial charge in [0, 0.05) is 38.4 Å². The number of aromatic nitrogens is 3. The van der Waals surface area contributed by atoms with E-state index in [1.165, 1.54) is 32.9 Å². The Kier molecular flexibility index (Phi) is 5.82. The number of fused-ring (bicyclic) bond motifs is 6. The van der Waals surface area contributed by atoms with Crippen molar-refractivity contribution in [1.29, 1.82) is 0 Å². The molecule has 0 fully saturated rings. The lowest BCUT2D eigenvalue weighted by atomic mass is 10.0. The molecular weight excluding hydrogens is 546 g/mol. The third-order valence-electron chi connectivity index (χ3n) is 8.78. The normalized spacial score (nSPS) is 11.6. The van der Waals surface area contributed by atoms with Crippen molar-refractivity contribution in [2.45, 2.75) is 0 Å². The highest BCUT2D eigenvalue weighted by Crippen LogP contribution is 2.38. The summed E-state index contributed by atoms with van der Waals surface area (Å²) in [5, 5.41) is 5.78. The maximum absolute atomic E-state index is 5.23. The minimum Gasteiger partial charge on any atom is -0.309 e. The molecule has 0 saturated heterocycles. The Morgan fingerprint density at radius 3 is 1.80 bits per heavy atom. The summed E-state index contributed by atoms with van der Waals surface area (Å²) in [4.78, 5) is 10.4. The first kappa shape index (κ1) is 25.4. The van der Waals surface area contributed by atoms with Crippen LogP contribution in [0.5, 0.6) is 0 Å². The topological polar surface area (TPSA) is 30.7 Å². The smallest absolute Gasteiger partial charge is 0.160 e. The molecule has 0 radical (unpaired) electrons. The Hall–Kier alpha value is -6.06. The summed E-state index contributed by atoms with van der Waals surface area (Å²) in [6, 6.07) is 57.9. The summed E-state index contributed by atoms with van der Waals surface area (Å²) in [5.74, 6) is 0.727. The highest BCUT2D eigenvalue weighted by molar-refractivity contribution is 6.13. The third kappa shape index (κ3) is 4.21. The van der Waals surface area contributed by atoms with Crippen molar-refractivity contribution >= 4 is 43.5 Å². The van der Waals surface area contributed by atoms with Crippen LogP contribution in [0.1, 0.15) is 0 Å². The molecule has 0 spiro atoms. The van der Waals surface area contributed by atoms with Gasteiger partial charge in [-0.2, -0.15) is 0 Å². The van der Waals surface area contributed by atoms with Gasteiger partial charge in [-0.1, -0.05) is 127 Å². The molecule has 0 atom stereocenters. The van der Waals surface area contributed by atoms with Crippen LogP contribution in [0, 0.1) is 0 Å². The molecule has 0 aliphatic carbocycles. The van der Waals surface area contributed by atoms with Crippen LogP contribution in [0.15, 0.2) is 164 Å². The van der Waals surface area contributed by atoms with Gasteiger partial charge < -0.3 is 4.57 Å². The molecule has 210 valence electrons. The SMILES string of the molecule is c1ccc(-c2ccc3c(c2)c2ccccc2n3-c2ccc3ccc4c(-c5ccccc5)nc(-c5ccccc5)nc4c3c2)cc1. The molecule has 0 N–H and O–H groups in total. The van der Waals surface area contributed by atoms with Crippen molar-refractivity contribution in [3.8, 4) is 39.5 Å². The number of hydrogen-bond acceptors (Lipinski definition) is 2.